The quantitative estimate of drug-likeness (QED) is 0.710. The summed E-state index contributed by atoms with van der Waals surface area (Å²) in [6.45, 7) is 10.7. The van der Waals surface area contributed by atoms with Crippen LogP contribution in [-0.2, 0) is 0 Å². The summed E-state index contributed by atoms with van der Waals surface area (Å²) in [7, 11) is 0. The van der Waals surface area contributed by atoms with Gasteiger partial charge in [-0.15, -0.1) is 0 Å². The number of nitrogens with zero attached hydrogens (tertiary/aromatic N) is 1. The van der Waals surface area contributed by atoms with Crippen LogP contribution in [0.3, 0.4) is 0 Å². The van der Waals surface area contributed by atoms with Crippen LogP contribution in [0.25, 0.3) is 0 Å². The van der Waals surface area contributed by atoms with E-state index in [0.717, 1.165) is 18.8 Å². The molecule has 0 aromatic rings. The molecule has 1 aliphatic rings. The summed E-state index contributed by atoms with van der Waals surface area (Å²) in [6.07, 6.45) is 3.25. The molecule has 1 saturated heterocycles. The highest BCUT2D eigenvalue weighted by Crippen LogP contribution is 2.43. The minimum Gasteiger partial charge on any atom is -0.312 e. The Kier molecular flexibility index (Phi) is 3.79. The van der Waals surface area contributed by atoms with Crippen molar-refractivity contribution in [2.75, 3.05) is 0 Å². The highest BCUT2D eigenvalue weighted by atomic mass is 32.1. The topological polar surface area (TPSA) is 23.5 Å². The lowest BCUT2D eigenvalue weighted by Gasteiger charge is -2.51. The summed E-state index contributed by atoms with van der Waals surface area (Å²) in [5, 5.41) is 11.5. The number of hydrogen-bond acceptors (Lipinski definition) is 3. The first kappa shape index (κ1) is 13.3. The molecule has 2 unspecified atom stereocenters. The third-order valence-electron chi connectivity index (χ3n) is 3.30. The van der Waals surface area contributed by atoms with Gasteiger partial charge in [0, 0.05) is 5.54 Å². The maximum Gasteiger partial charge on any atom is 0.0862 e. The molecule has 90 valence electrons. The molecule has 15 heavy (non-hydrogen) atoms. The lowest BCUT2D eigenvalue weighted by Crippen LogP contribution is -2.57. The number of hydrogen-bond donors (Lipinski definition) is 2. The van der Waals surface area contributed by atoms with E-state index >= 15 is 0 Å². The van der Waals surface area contributed by atoms with E-state index in [2.05, 4.69) is 40.3 Å². The summed E-state index contributed by atoms with van der Waals surface area (Å²) >= 11 is 4.58. The fourth-order valence-corrected chi connectivity index (χ4v) is 3.51. The van der Waals surface area contributed by atoms with Gasteiger partial charge in [0.05, 0.1) is 4.87 Å². The van der Waals surface area contributed by atoms with Gasteiger partial charge < -0.3 is 5.21 Å². The molecule has 1 rings (SSSR count). The molecule has 0 aliphatic carbocycles. The summed E-state index contributed by atoms with van der Waals surface area (Å²) < 4.78 is 0. The molecule has 0 saturated carbocycles. The van der Waals surface area contributed by atoms with Gasteiger partial charge in [-0.2, -0.15) is 17.7 Å². The van der Waals surface area contributed by atoms with E-state index < -0.39 is 0 Å². The molecule has 1 heterocycles. The van der Waals surface area contributed by atoms with E-state index in [1.165, 1.54) is 11.5 Å². The third-order valence-corrected chi connectivity index (χ3v) is 3.67. The smallest absolute Gasteiger partial charge is 0.0862 e. The second kappa shape index (κ2) is 4.27. The monoisotopic (exact) mass is 231 g/mol. The molecule has 1 fully saturated rings. The molecule has 0 aromatic heterocycles. The largest absolute Gasteiger partial charge is 0.312 e. The van der Waals surface area contributed by atoms with Crippen molar-refractivity contribution in [3.63, 3.8) is 0 Å². The fraction of sp³-hybridized carbons (Fsp3) is 1.00. The predicted octanol–water partition coefficient (Wildman–Crippen LogP) is 3.56. The molecule has 0 spiro atoms. The maximum absolute atomic E-state index is 10.1. The highest BCUT2D eigenvalue weighted by molar-refractivity contribution is 7.81. The summed E-state index contributed by atoms with van der Waals surface area (Å²) in [5.41, 5.74) is -0.158. The number of hydroxylamine groups is 2. The van der Waals surface area contributed by atoms with Crippen LogP contribution >= 0.6 is 12.6 Å². The molecule has 0 radical (unpaired) electrons. The molecular weight excluding hydrogens is 206 g/mol. The van der Waals surface area contributed by atoms with E-state index in [9.17, 15) is 5.21 Å². The van der Waals surface area contributed by atoms with Gasteiger partial charge in [0.1, 0.15) is 0 Å². The molecular formula is C12H25NOS. The van der Waals surface area contributed by atoms with Crippen molar-refractivity contribution in [1.29, 1.82) is 0 Å². The standard InChI is InChI=1S/C12H25NOS/c1-9(2)6-10-7-11(3,4)13(14)12(5,15)8-10/h9-10,14-15H,6-8H2,1-5H3. The Bertz CT molecular complexity index is 208. The summed E-state index contributed by atoms with van der Waals surface area (Å²) in [4.78, 5) is -0.388. The van der Waals surface area contributed by atoms with Crippen molar-refractivity contribution < 1.29 is 5.21 Å². The number of piperidine rings is 1. The van der Waals surface area contributed by atoms with Crippen LogP contribution in [0.2, 0.25) is 0 Å². The molecule has 0 amide bonds. The van der Waals surface area contributed by atoms with Crippen molar-refractivity contribution in [3.8, 4) is 0 Å². The van der Waals surface area contributed by atoms with Crippen LogP contribution in [0.15, 0.2) is 0 Å². The zero-order chi connectivity index (χ0) is 11.9. The second-order valence-corrected chi connectivity index (χ2v) is 7.21. The van der Waals surface area contributed by atoms with E-state index in [-0.39, 0.29) is 10.4 Å². The Labute approximate surface area is 99.4 Å². The SMILES string of the molecule is CC(C)CC1CC(C)(C)N(O)C(C)(S)C1. The highest BCUT2D eigenvalue weighted by Gasteiger charge is 2.45. The minimum absolute atomic E-state index is 0.158. The molecule has 2 atom stereocenters. The van der Waals surface area contributed by atoms with Crippen LogP contribution in [0.1, 0.15) is 53.9 Å². The lowest BCUT2D eigenvalue weighted by atomic mass is 9.77. The Morgan fingerprint density at radius 1 is 1.33 bits per heavy atom. The molecule has 1 N–H and O–H groups in total. The van der Waals surface area contributed by atoms with Crippen LogP contribution in [-0.4, -0.2) is 20.7 Å². The first-order valence-electron chi connectivity index (χ1n) is 5.87. The average Bonchev–Trinajstić information content (AvgIpc) is 1.97. The van der Waals surface area contributed by atoms with Crippen LogP contribution < -0.4 is 0 Å². The van der Waals surface area contributed by atoms with Gasteiger partial charge in [-0.25, -0.2) is 0 Å². The van der Waals surface area contributed by atoms with Gasteiger partial charge in [-0.3, -0.25) is 0 Å². The van der Waals surface area contributed by atoms with E-state index in [1.54, 1.807) is 0 Å². The van der Waals surface area contributed by atoms with Crippen LogP contribution in [0, 0.1) is 11.8 Å². The molecule has 0 bridgehead atoms. The lowest BCUT2D eigenvalue weighted by molar-refractivity contribution is -0.227. The first-order valence-corrected chi connectivity index (χ1v) is 6.31. The van der Waals surface area contributed by atoms with Gasteiger partial charge in [0.15, 0.2) is 0 Å². The van der Waals surface area contributed by atoms with Crippen molar-refractivity contribution in [2.24, 2.45) is 11.8 Å². The number of thiol groups is 1. The van der Waals surface area contributed by atoms with Crippen molar-refractivity contribution in [2.45, 2.75) is 64.3 Å². The van der Waals surface area contributed by atoms with Gasteiger partial charge >= 0.3 is 0 Å². The normalized spacial score (nSPS) is 37.2. The van der Waals surface area contributed by atoms with Gasteiger partial charge in [0.25, 0.3) is 0 Å². The van der Waals surface area contributed by atoms with Crippen LogP contribution in [0.4, 0.5) is 0 Å². The Morgan fingerprint density at radius 3 is 2.27 bits per heavy atom. The Balaban J connectivity index is 2.75. The zero-order valence-corrected chi connectivity index (χ0v) is 11.5. The Morgan fingerprint density at radius 2 is 1.87 bits per heavy atom. The summed E-state index contributed by atoms with van der Waals surface area (Å²) in [5.74, 6) is 1.39. The fourth-order valence-electron chi connectivity index (χ4n) is 2.98. The molecule has 3 heteroatoms. The van der Waals surface area contributed by atoms with E-state index in [1.807, 2.05) is 6.92 Å². The van der Waals surface area contributed by atoms with Crippen LogP contribution in [0.5, 0.6) is 0 Å². The zero-order valence-electron chi connectivity index (χ0n) is 10.6. The number of rotatable bonds is 2. The summed E-state index contributed by atoms with van der Waals surface area (Å²) in [6, 6.07) is 0. The molecule has 1 aliphatic heterocycles. The maximum atomic E-state index is 10.1. The van der Waals surface area contributed by atoms with Crippen molar-refractivity contribution in [1.82, 2.24) is 5.06 Å². The van der Waals surface area contributed by atoms with Gasteiger partial charge in [-0.05, 0) is 51.9 Å². The Hall–Kier alpha value is 0.270. The van der Waals surface area contributed by atoms with E-state index in [0.29, 0.717) is 5.92 Å². The third kappa shape index (κ3) is 3.11. The van der Waals surface area contributed by atoms with E-state index in [4.69, 9.17) is 0 Å². The second-order valence-electron chi connectivity index (χ2n) is 6.25. The van der Waals surface area contributed by atoms with Crippen molar-refractivity contribution >= 4 is 12.6 Å². The molecule has 0 aromatic carbocycles. The average molecular weight is 231 g/mol. The van der Waals surface area contributed by atoms with Crippen molar-refractivity contribution in [3.05, 3.63) is 0 Å². The van der Waals surface area contributed by atoms with Gasteiger partial charge in [-0.1, -0.05) is 13.8 Å². The first-order chi connectivity index (χ1) is 6.65. The van der Waals surface area contributed by atoms with Gasteiger partial charge in [0.2, 0.25) is 0 Å². The predicted molar refractivity (Wildman–Crippen MR) is 67.3 cm³/mol. The molecule has 2 nitrogen and oxygen atoms in total. The minimum atomic E-state index is -0.388.